The zero-order valence-electron chi connectivity index (χ0n) is 12.7. The monoisotopic (exact) mass is 324 g/mol. The Morgan fingerprint density at radius 3 is 1.33 bits per heavy atom. The van der Waals surface area contributed by atoms with Crippen molar-refractivity contribution in [3.63, 3.8) is 0 Å². The van der Waals surface area contributed by atoms with Crippen molar-refractivity contribution in [1.29, 1.82) is 0 Å². The van der Waals surface area contributed by atoms with Crippen molar-refractivity contribution in [2.45, 2.75) is 0 Å². The fourth-order valence-corrected chi connectivity index (χ4v) is 1.81. The Balaban J connectivity index is 1.92. The quantitative estimate of drug-likeness (QED) is 0.383. The first kappa shape index (κ1) is 17.1. The van der Waals surface area contributed by atoms with E-state index in [2.05, 4.69) is 0 Å². The molecule has 2 N–H and O–H groups in total. The first-order valence-electron chi connectivity index (χ1n) is 7.10. The molecule has 122 valence electrons. The Kier molecular flexibility index (Phi) is 6.01. The number of carbonyl (C=O) groups is 2. The van der Waals surface area contributed by atoms with Crippen LogP contribution < -0.4 is 10.1 Å². The predicted molar refractivity (Wildman–Crippen MR) is 89.7 cm³/mol. The van der Waals surface area contributed by atoms with E-state index >= 15 is 0 Å². The van der Waals surface area contributed by atoms with Gasteiger partial charge >= 0.3 is 0 Å². The minimum atomic E-state index is -0.665. The summed E-state index contributed by atoms with van der Waals surface area (Å²) in [4.78, 5) is 23.5. The van der Waals surface area contributed by atoms with E-state index in [1.165, 1.54) is 12.2 Å². The van der Waals surface area contributed by atoms with E-state index in [4.69, 9.17) is 0 Å². The van der Waals surface area contributed by atoms with Gasteiger partial charge in [-0.2, -0.15) is 10.1 Å². The predicted octanol–water partition coefficient (Wildman–Crippen LogP) is 2.94. The highest BCUT2D eigenvalue weighted by atomic mass is 16.5. The lowest BCUT2D eigenvalue weighted by Gasteiger charge is -2.12. The fourth-order valence-electron chi connectivity index (χ4n) is 1.81. The van der Waals surface area contributed by atoms with Gasteiger partial charge in [-0.3, -0.25) is 20.0 Å². The third kappa shape index (κ3) is 4.64. The van der Waals surface area contributed by atoms with Crippen molar-refractivity contribution in [2.75, 3.05) is 10.1 Å². The van der Waals surface area contributed by atoms with Crippen LogP contribution in [0.1, 0.15) is 0 Å². The second kappa shape index (κ2) is 8.42. The number of amides is 2. The Bertz CT molecular complexity index is 677. The van der Waals surface area contributed by atoms with Crippen LogP contribution in [0.25, 0.3) is 0 Å². The number of carbonyl (C=O) groups excluding carboxylic acids is 2. The highest BCUT2D eigenvalue weighted by Crippen LogP contribution is 2.12. The molecule has 0 spiro atoms. The summed E-state index contributed by atoms with van der Waals surface area (Å²) in [5.41, 5.74) is 0.663. The molecule has 0 saturated carbocycles. The molecular weight excluding hydrogens is 308 g/mol. The number of benzene rings is 2. The van der Waals surface area contributed by atoms with Gasteiger partial charge in [-0.25, -0.2) is 0 Å². The van der Waals surface area contributed by atoms with Gasteiger partial charge in [0.05, 0.1) is 11.4 Å². The van der Waals surface area contributed by atoms with Crippen LogP contribution in [0.3, 0.4) is 0 Å². The number of allylic oxidation sites excluding steroid dienone is 2. The summed E-state index contributed by atoms with van der Waals surface area (Å²) in [5.74, 6) is -1.33. The summed E-state index contributed by atoms with van der Waals surface area (Å²) in [6.07, 6.45) is 4.79. The zero-order valence-corrected chi connectivity index (χ0v) is 12.7. The van der Waals surface area contributed by atoms with Gasteiger partial charge in [-0.05, 0) is 24.3 Å². The minimum absolute atomic E-state index is 0.331. The lowest BCUT2D eigenvalue weighted by molar-refractivity contribution is -0.119. The maximum absolute atomic E-state index is 11.8. The highest BCUT2D eigenvalue weighted by Gasteiger charge is 2.10. The molecule has 0 heterocycles. The van der Waals surface area contributed by atoms with E-state index in [1.54, 1.807) is 60.7 Å². The summed E-state index contributed by atoms with van der Waals surface area (Å²) < 4.78 is 0. The van der Waals surface area contributed by atoms with Gasteiger partial charge in [-0.1, -0.05) is 48.6 Å². The van der Waals surface area contributed by atoms with E-state index in [-0.39, 0.29) is 0 Å². The molecule has 0 bridgehead atoms. The summed E-state index contributed by atoms with van der Waals surface area (Å²) in [5, 5.41) is 20.4. The molecule has 0 radical (unpaired) electrons. The summed E-state index contributed by atoms with van der Waals surface area (Å²) in [7, 11) is 0. The maximum Gasteiger partial charge on any atom is 0.274 e. The van der Waals surface area contributed by atoms with E-state index in [0.29, 0.717) is 21.5 Å². The maximum atomic E-state index is 11.8. The van der Waals surface area contributed by atoms with Crippen molar-refractivity contribution in [3.8, 4) is 0 Å². The van der Waals surface area contributed by atoms with Crippen molar-refractivity contribution in [3.05, 3.63) is 85.0 Å². The third-order valence-electron chi connectivity index (χ3n) is 3.01. The molecule has 2 aromatic rings. The number of rotatable bonds is 5. The molecule has 0 aromatic heterocycles. The smallest absolute Gasteiger partial charge is 0.274 e. The molecule has 0 aliphatic heterocycles. The van der Waals surface area contributed by atoms with Gasteiger partial charge in [0.1, 0.15) is 0 Å². The third-order valence-corrected chi connectivity index (χ3v) is 3.01. The van der Waals surface area contributed by atoms with Gasteiger partial charge in [0.15, 0.2) is 0 Å². The van der Waals surface area contributed by atoms with Crippen LogP contribution in [0.2, 0.25) is 0 Å². The molecule has 24 heavy (non-hydrogen) atoms. The fraction of sp³-hybridized carbons (Fsp3) is 0. The standard InChI is InChI=1S/C18H16N2O4/c21-17(19(23)15-9-3-1-4-10-15)13-7-8-14-18(22)20(24)16-11-5-2-6-12-16/h1-14,23-24H. The molecule has 0 aliphatic rings. The number of hydrogen-bond acceptors (Lipinski definition) is 4. The minimum Gasteiger partial charge on any atom is -0.281 e. The van der Waals surface area contributed by atoms with Crippen LogP contribution in [0.4, 0.5) is 11.4 Å². The van der Waals surface area contributed by atoms with Crippen LogP contribution in [-0.4, -0.2) is 22.2 Å². The van der Waals surface area contributed by atoms with Gasteiger partial charge in [0.25, 0.3) is 11.8 Å². The van der Waals surface area contributed by atoms with Crippen molar-refractivity contribution < 1.29 is 20.0 Å². The lowest BCUT2D eigenvalue weighted by Crippen LogP contribution is -2.25. The second-order valence-electron chi connectivity index (χ2n) is 4.69. The Morgan fingerprint density at radius 2 is 1.00 bits per heavy atom. The normalized spacial score (nSPS) is 10.9. The molecule has 0 saturated heterocycles. The lowest BCUT2D eigenvalue weighted by atomic mass is 10.3. The SMILES string of the molecule is O=C(C=CC=CC(=O)N(O)c1ccccc1)N(O)c1ccccc1. The van der Waals surface area contributed by atoms with Gasteiger partial charge in [0, 0.05) is 12.2 Å². The van der Waals surface area contributed by atoms with E-state index < -0.39 is 11.8 Å². The van der Waals surface area contributed by atoms with E-state index in [1.807, 2.05) is 0 Å². The Labute approximate surface area is 139 Å². The average molecular weight is 324 g/mol. The van der Waals surface area contributed by atoms with Crippen molar-refractivity contribution in [2.24, 2.45) is 0 Å². The van der Waals surface area contributed by atoms with Crippen LogP contribution in [0, 0.1) is 0 Å². The average Bonchev–Trinajstić information content (AvgIpc) is 2.65. The van der Waals surface area contributed by atoms with Gasteiger partial charge < -0.3 is 0 Å². The highest BCUT2D eigenvalue weighted by molar-refractivity contribution is 6.01. The van der Waals surface area contributed by atoms with Gasteiger partial charge in [0.2, 0.25) is 0 Å². The number of nitrogens with zero attached hydrogens (tertiary/aromatic N) is 2. The molecule has 0 aliphatic carbocycles. The van der Waals surface area contributed by atoms with Crippen LogP contribution in [-0.2, 0) is 9.59 Å². The molecular formula is C18H16N2O4. The topological polar surface area (TPSA) is 81.1 Å². The van der Waals surface area contributed by atoms with Crippen molar-refractivity contribution >= 4 is 23.2 Å². The molecule has 0 unspecified atom stereocenters. The number of hydroxylamine groups is 2. The largest absolute Gasteiger partial charge is 0.281 e. The van der Waals surface area contributed by atoms with Crippen LogP contribution >= 0.6 is 0 Å². The number of anilines is 2. The molecule has 2 rings (SSSR count). The molecule has 0 fully saturated rings. The van der Waals surface area contributed by atoms with Crippen LogP contribution in [0.15, 0.2) is 85.0 Å². The molecule has 6 heteroatoms. The summed E-state index contributed by atoms with van der Waals surface area (Å²) >= 11 is 0. The summed E-state index contributed by atoms with van der Waals surface area (Å²) in [6, 6.07) is 16.6. The van der Waals surface area contributed by atoms with Crippen LogP contribution in [0.5, 0.6) is 0 Å². The van der Waals surface area contributed by atoms with Gasteiger partial charge in [-0.15, -0.1) is 0 Å². The second-order valence-corrected chi connectivity index (χ2v) is 4.69. The molecule has 2 aromatic carbocycles. The zero-order chi connectivity index (χ0) is 17.4. The van der Waals surface area contributed by atoms with E-state index in [9.17, 15) is 20.0 Å². The summed E-state index contributed by atoms with van der Waals surface area (Å²) in [6.45, 7) is 0. The van der Waals surface area contributed by atoms with Crippen molar-refractivity contribution in [1.82, 2.24) is 0 Å². The Morgan fingerprint density at radius 1 is 0.667 bits per heavy atom. The first-order valence-corrected chi connectivity index (χ1v) is 7.10. The van der Waals surface area contributed by atoms with E-state index in [0.717, 1.165) is 12.2 Å². The number of para-hydroxylation sites is 2. The molecule has 2 amide bonds. The number of hydrogen-bond donors (Lipinski definition) is 2. The first-order chi connectivity index (χ1) is 11.6. The Hall–Kier alpha value is -3.22. The molecule has 0 atom stereocenters. The molecule has 6 nitrogen and oxygen atoms in total.